The maximum absolute atomic E-state index is 2.43. The lowest BCUT2D eigenvalue weighted by atomic mass is 9.89. The summed E-state index contributed by atoms with van der Waals surface area (Å²) in [5.41, 5.74) is 24.6. The van der Waals surface area contributed by atoms with E-state index in [0.29, 0.717) is 0 Å². The summed E-state index contributed by atoms with van der Waals surface area (Å²) in [6.45, 7) is 8.85. The van der Waals surface area contributed by atoms with Gasteiger partial charge < -0.3 is 9.13 Å². The van der Waals surface area contributed by atoms with Gasteiger partial charge in [-0.25, -0.2) is 0 Å². The second kappa shape index (κ2) is 15.8. The van der Waals surface area contributed by atoms with Gasteiger partial charge in [-0.05, 0) is 166 Å². The highest BCUT2D eigenvalue weighted by atomic mass is 15.0. The first-order chi connectivity index (χ1) is 32.4. The van der Waals surface area contributed by atoms with Crippen molar-refractivity contribution in [1.82, 2.24) is 9.13 Å². The second-order valence-electron chi connectivity index (χ2n) is 17.9. The van der Waals surface area contributed by atoms with Crippen LogP contribution in [0.1, 0.15) is 22.3 Å². The number of rotatable bonds is 7. The van der Waals surface area contributed by atoms with Crippen molar-refractivity contribution in [2.75, 3.05) is 0 Å². The van der Waals surface area contributed by atoms with Gasteiger partial charge in [-0.2, -0.15) is 0 Å². The summed E-state index contributed by atoms with van der Waals surface area (Å²) in [5, 5.41) is 5.17. The van der Waals surface area contributed by atoms with E-state index in [1.54, 1.807) is 0 Å². The van der Waals surface area contributed by atoms with Gasteiger partial charge >= 0.3 is 0 Å². The second-order valence-corrected chi connectivity index (χ2v) is 17.9. The number of aromatic nitrogens is 2. The zero-order chi connectivity index (χ0) is 44.5. The van der Waals surface area contributed by atoms with Gasteiger partial charge in [0.15, 0.2) is 0 Å². The zero-order valence-electron chi connectivity index (χ0n) is 37.7. The Morgan fingerprint density at radius 3 is 0.970 bits per heavy atom. The van der Waals surface area contributed by atoms with Crippen molar-refractivity contribution in [3.05, 3.63) is 241 Å². The molecule has 12 rings (SSSR count). The van der Waals surface area contributed by atoms with Crippen LogP contribution in [0, 0.1) is 27.7 Å². The molecule has 2 nitrogen and oxygen atoms in total. The van der Waals surface area contributed by atoms with Gasteiger partial charge in [0, 0.05) is 32.9 Å². The molecule has 0 aliphatic carbocycles. The van der Waals surface area contributed by atoms with Crippen LogP contribution in [0.5, 0.6) is 0 Å². The van der Waals surface area contributed by atoms with Crippen LogP contribution in [0.4, 0.5) is 0 Å². The van der Waals surface area contributed by atoms with Crippen LogP contribution in [-0.4, -0.2) is 9.13 Å². The molecule has 314 valence electrons. The molecule has 2 heteroatoms. The smallest absolute Gasteiger partial charge is 0.0543 e. The highest BCUT2D eigenvalue weighted by Gasteiger charge is 2.19. The van der Waals surface area contributed by atoms with Crippen LogP contribution < -0.4 is 0 Å². The normalized spacial score (nSPS) is 11.6. The molecule has 0 fully saturated rings. The van der Waals surface area contributed by atoms with Crippen molar-refractivity contribution in [1.29, 1.82) is 0 Å². The van der Waals surface area contributed by atoms with Crippen LogP contribution in [-0.2, 0) is 0 Å². The van der Waals surface area contributed by atoms with Crippen LogP contribution in [0.15, 0.2) is 218 Å². The van der Waals surface area contributed by atoms with Gasteiger partial charge in [0.25, 0.3) is 0 Å². The lowest BCUT2D eigenvalue weighted by Gasteiger charge is -2.16. The number of hydrogen-bond acceptors (Lipinski definition) is 0. The van der Waals surface area contributed by atoms with Crippen LogP contribution in [0.3, 0.4) is 0 Å². The Hall–Kier alpha value is -8.20. The molecular formula is C64H48N2. The number of fused-ring (bicyclic) bond motifs is 6. The molecule has 12 aromatic rings. The van der Waals surface area contributed by atoms with Crippen molar-refractivity contribution in [2.45, 2.75) is 27.7 Å². The van der Waals surface area contributed by atoms with Gasteiger partial charge in [-0.3, -0.25) is 0 Å². The van der Waals surface area contributed by atoms with E-state index in [1.165, 1.54) is 122 Å². The molecule has 0 spiro atoms. The molecule has 0 aliphatic heterocycles. The molecule has 0 bridgehead atoms. The predicted octanol–water partition coefficient (Wildman–Crippen LogP) is 17.4. The molecule has 0 atom stereocenters. The van der Waals surface area contributed by atoms with E-state index in [1.807, 2.05) is 0 Å². The first kappa shape index (κ1) is 39.4. The summed E-state index contributed by atoms with van der Waals surface area (Å²) in [4.78, 5) is 0. The third-order valence-corrected chi connectivity index (χ3v) is 13.9. The lowest BCUT2D eigenvalue weighted by molar-refractivity contribution is 1.18. The van der Waals surface area contributed by atoms with E-state index in [2.05, 4.69) is 255 Å². The van der Waals surface area contributed by atoms with Crippen molar-refractivity contribution in [3.8, 4) is 67.0 Å². The molecule has 0 aliphatic rings. The highest BCUT2D eigenvalue weighted by Crippen LogP contribution is 2.42. The maximum Gasteiger partial charge on any atom is 0.0543 e. The molecule has 0 radical (unpaired) electrons. The molecule has 2 aromatic heterocycles. The predicted molar refractivity (Wildman–Crippen MR) is 281 cm³/mol. The fourth-order valence-corrected chi connectivity index (χ4v) is 10.7. The molecule has 10 aromatic carbocycles. The Morgan fingerprint density at radius 2 is 0.576 bits per heavy atom. The maximum atomic E-state index is 2.43. The fourth-order valence-electron chi connectivity index (χ4n) is 10.7. The molecule has 0 N–H and O–H groups in total. The summed E-state index contributed by atoms with van der Waals surface area (Å²) in [7, 11) is 0. The summed E-state index contributed by atoms with van der Waals surface area (Å²) >= 11 is 0. The first-order valence-corrected chi connectivity index (χ1v) is 23.0. The van der Waals surface area contributed by atoms with Crippen molar-refractivity contribution < 1.29 is 0 Å². The average molecular weight is 845 g/mol. The third kappa shape index (κ3) is 6.40. The fraction of sp³-hybridized carbons (Fsp3) is 0.0625. The topological polar surface area (TPSA) is 9.86 Å². The summed E-state index contributed by atoms with van der Waals surface area (Å²) in [6, 6.07) is 80.6. The standard InChI is InChI=1S/C64H48N2/c1-41-15-5-7-19-51(41)47-31-37-59-57(39-47)63-43(3)17-13-25-61(63)65(59)49-33-27-45(28-34-49)53-21-9-11-23-55(53)56-24-12-10-22-54(56)46-29-35-50(36-30-46)66-60-38-32-48(52-20-8-6-16-42(52)2)40-58(60)64-44(4)18-14-26-62(64)66/h5-40H,1-4H3. The molecule has 0 saturated carbocycles. The van der Waals surface area contributed by atoms with Crippen molar-refractivity contribution in [3.63, 3.8) is 0 Å². The number of nitrogens with zero attached hydrogens (tertiary/aromatic N) is 2. The number of benzene rings is 10. The van der Waals surface area contributed by atoms with E-state index < -0.39 is 0 Å². The summed E-state index contributed by atoms with van der Waals surface area (Å²) in [6.07, 6.45) is 0. The van der Waals surface area contributed by atoms with Crippen molar-refractivity contribution >= 4 is 43.6 Å². The van der Waals surface area contributed by atoms with Gasteiger partial charge in [-0.15, -0.1) is 0 Å². The monoisotopic (exact) mass is 844 g/mol. The molecule has 66 heavy (non-hydrogen) atoms. The van der Waals surface area contributed by atoms with E-state index in [9.17, 15) is 0 Å². The largest absolute Gasteiger partial charge is 0.309 e. The lowest BCUT2D eigenvalue weighted by Crippen LogP contribution is -1.95. The minimum Gasteiger partial charge on any atom is -0.309 e. The minimum absolute atomic E-state index is 1.15. The molecule has 2 heterocycles. The Balaban J connectivity index is 0.910. The van der Waals surface area contributed by atoms with Crippen LogP contribution >= 0.6 is 0 Å². The summed E-state index contributed by atoms with van der Waals surface area (Å²) < 4.78 is 4.86. The van der Waals surface area contributed by atoms with Crippen LogP contribution in [0.25, 0.3) is 111 Å². The van der Waals surface area contributed by atoms with Gasteiger partial charge in [0.1, 0.15) is 0 Å². The van der Waals surface area contributed by atoms with Gasteiger partial charge in [0.05, 0.1) is 22.1 Å². The van der Waals surface area contributed by atoms with Crippen molar-refractivity contribution in [2.24, 2.45) is 0 Å². The van der Waals surface area contributed by atoms with E-state index in [4.69, 9.17) is 0 Å². The minimum atomic E-state index is 1.15. The first-order valence-electron chi connectivity index (χ1n) is 23.0. The Morgan fingerprint density at radius 1 is 0.242 bits per heavy atom. The average Bonchev–Trinajstić information content (AvgIpc) is 3.88. The number of aryl methyl sites for hydroxylation is 4. The van der Waals surface area contributed by atoms with Gasteiger partial charge in [0.2, 0.25) is 0 Å². The van der Waals surface area contributed by atoms with E-state index >= 15 is 0 Å². The SMILES string of the molecule is Cc1ccccc1-c1ccc2c(c1)c1c(C)cccc1n2-c1ccc(-c2ccccc2-c2ccccc2-c2ccc(-n3c4ccc(-c5ccccc5C)cc4c4c(C)cccc43)cc2)cc1. The molecule has 0 amide bonds. The molecule has 0 saturated heterocycles. The highest BCUT2D eigenvalue weighted by molar-refractivity contribution is 6.13. The van der Waals surface area contributed by atoms with E-state index in [-0.39, 0.29) is 0 Å². The molecular weight excluding hydrogens is 797 g/mol. The van der Waals surface area contributed by atoms with Gasteiger partial charge in [-0.1, -0.05) is 158 Å². The number of hydrogen-bond donors (Lipinski definition) is 0. The Labute approximate surface area is 386 Å². The van der Waals surface area contributed by atoms with E-state index in [0.717, 1.165) is 11.4 Å². The van der Waals surface area contributed by atoms with Crippen LogP contribution in [0.2, 0.25) is 0 Å². The third-order valence-electron chi connectivity index (χ3n) is 13.9. The Bertz CT molecular complexity index is 3590. The zero-order valence-corrected chi connectivity index (χ0v) is 37.7. The Kier molecular flexibility index (Phi) is 9.43. The summed E-state index contributed by atoms with van der Waals surface area (Å²) in [5.74, 6) is 0. The molecule has 0 unspecified atom stereocenters. The quantitative estimate of drug-likeness (QED) is 0.151.